The zero-order valence-electron chi connectivity index (χ0n) is 8.26. The number of rotatable bonds is 2. The van der Waals surface area contributed by atoms with Gasteiger partial charge in [-0.15, -0.1) is 0 Å². The van der Waals surface area contributed by atoms with Crippen LogP contribution in [0.25, 0.3) is 0 Å². The first-order valence-corrected chi connectivity index (χ1v) is 5.27. The van der Waals surface area contributed by atoms with E-state index in [-0.39, 0.29) is 18.1 Å². The summed E-state index contributed by atoms with van der Waals surface area (Å²) in [6, 6.07) is 9.99. The molecule has 0 saturated heterocycles. The molecule has 3 atom stereocenters. The highest BCUT2D eigenvalue weighted by atomic mass is 16.3. The second-order valence-electron chi connectivity index (χ2n) is 4.11. The van der Waals surface area contributed by atoms with Crippen LogP contribution in [0.3, 0.4) is 0 Å². The van der Waals surface area contributed by atoms with Crippen LogP contribution in [0.2, 0.25) is 0 Å². The summed E-state index contributed by atoms with van der Waals surface area (Å²) in [5.74, 6) is 0.248. The summed E-state index contributed by atoms with van der Waals surface area (Å²) in [5.41, 5.74) is 6.95. The lowest BCUT2D eigenvalue weighted by Crippen LogP contribution is -2.29. The normalized spacial score (nSPS) is 29.0. The van der Waals surface area contributed by atoms with Gasteiger partial charge in [0.1, 0.15) is 0 Å². The van der Waals surface area contributed by atoms with Gasteiger partial charge in [0.2, 0.25) is 0 Å². The Hall–Kier alpha value is -0.860. The van der Waals surface area contributed by atoms with E-state index in [0.717, 1.165) is 24.8 Å². The van der Waals surface area contributed by atoms with Gasteiger partial charge in [0.05, 0.1) is 6.10 Å². The molecule has 0 aliphatic heterocycles. The number of benzene rings is 1. The second-order valence-corrected chi connectivity index (χ2v) is 4.11. The van der Waals surface area contributed by atoms with Crippen LogP contribution in [-0.4, -0.2) is 11.1 Å². The highest BCUT2D eigenvalue weighted by Gasteiger charge is 2.30. The average molecular weight is 191 g/mol. The van der Waals surface area contributed by atoms with E-state index in [1.165, 1.54) is 0 Å². The van der Waals surface area contributed by atoms with Crippen molar-refractivity contribution < 1.29 is 5.11 Å². The van der Waals surface area contributed by atoms with Crippen LogP contribution < -0.4 is 5.73 Å². The molecule has 1 aromatic rings. The molecular formula is C12H17NO. The Morgan fingerprint density at radius 1 is 1.21 bits per heavy atom. The first kappa shape index (κ1) is 9.69. The molecule has 0 spiro atoms. The Kier molecular flexibility index (Phi) is 2.85. The summed E-state index contributed by atoms with van der Waals surface area (Å²) in [4.78, 5) is 0. The van der Waals surface area contributed by atoms with Gasteiger partial charge in [0, 0.05) is 12.0 Å². The molecule has 76 valence electrons. The van der Waals surface area contributed by atoms with Gasteiger partial charge in [-0.3, -0.25) is 0 Å². The van der Waals surface area contributed by atoms with E-state index in [4.69, 9.17) is 5.73 Å². The lowest BCUT2D eigenvalue weighted by molar-refractivity contribution is 0.103. The van der Waals surface area contributed by atoms with Crippen LogP contribution in [0.15, 0.2) is 30.3 Å². The third kappa shape index (κ3) is 1.81. The summed E-state index contributed by atoms with van der Waals surface area (Å²) in [6.07, 6.45) is 2.87. The van der Waals surface area contributed by atoms with Crippen molar-refractivity contribution in [1.29, 1.82) is 0 Å². The molecule has 1 aliphatic carbocycles. The topological polar surface area (TPSA) is 46.2 Å². The quantitative estimate of drug-likeness (QED) is 0.749. The van der Waals surface area contributed by atoms with Crippen molar-refractivity contribution in [3.05, 3.63) is 35.9 Å². The number of hydrogen-bond donors (Lipinski definition) is 2. The van der Waals surface area contributed by atoms with E-state index >= 15 is 0 Å². The fourth-order valence-corrected chi connectivity index (χ4v) is 2.31. The predicted octanol–water partition coefficient (Wildman–Crippen LogP) is 1.85. The number of aliphatic hydroxyl groups is 1. The van der Waals surface area contributed by atoms with Crippen LogP contribution in [-0.2, 0) is 0 Å². The molecule has 2 heteroatoms. The molecule has 3 N–H and O–H groups in total. The van der Waals surface area contributed by atoms with Gasteiger partial charge in [0.25, 0.3) is 0 Å². The van der Waals surface area contributed by atoms with Crippen molar-refractivity contribution in [2.75, 3.05) is 0 Å². The van der Waals surface area contributed by atoms with Gasteiger partial charge < -0.3 is 10.8 Å². The van der Waals surface area contributed by atoms with E-state index in [1.54, 1.807) is 0 Å². The Morgan fingerprint density at radius 3 is 2.50 bits per heavy atom. The van der Waals surface area contributed by atoms with E-state index in [1.807, 2.05) is 30.3 Å². The molecule has 1 saturated carbocycles. The minimum Gasteiger partial charge on any atom is -0.388 e. The lowest BCUT2D eigenvalue weighted by atomic mass is 9.92. The maximum atomic E-state index is 10.1. The standard InChI is InChI=1S/C12H17NO/c13-11-8-4-7-10(11)12(14)9-5-2-1-3-6-9/h1-3,5-6,10-12,14H,4,7-8,13H2/t10-,11+,12+/m0/s1. The van der Waals surface area contributed by atoms with Crippen molar-refractivity contribution in [2.45, 2.75) is 31.4 Å². The molecule has 0 bridgehead atoms. The molecule has 0 radical (unpaired) electrons. The summed E-state index contributed by atoms with van der Waals surface area (Å²) < 4.78 is 0. The van der Waals surface area contributed by atoms with Crippen molar-refractivity contribution in [2.24, 2.45) is 11.7 Å². The van der Waals surface area contributed by atoms with Crippen LogP contribution in [0.4, 0.5) is 0 Å². The second kappa shape index (κ2) is 4.11. The first-order valence-electron chi connectivity index (χ1n) is 5.27. The molecule has 0 unspecified atom stereocenters. The monoisotopic (exact) mass is 191 g/mol. The van der Waals surface area contributed by atoms with Crippen molar-refractivity contribution in [3.8, 4) is 0 Å². The Morgan fingerprint density at radius 2 is 1.93 bits per heavy atom. The maximum absolute atomic E-state index is 10.1. The Labute approximate surface area is 84.7 Å². The minimum atomic E-state index is -0.381. The molecule has 0 amide bonds. The fourth-order valence-electron chi connectivity index (χ4n) is 2.31. The van der Waals surface area contributed by atoms with E-state index in [2.05, 4.69) is 0 Å². The number of aliphatic hydroxyl groups excluding tert-OH is 1. The molecule has 2 nitrogen and oxygen atoms in total. The predicted molar refractivity (Wildman–Crippen MR) is 56.7 cm³/mol. The summed E-state index contributed by atoms with van der Waals surface area (Å²) in [7, 11) is 0. The highest BCUT2D eigenvalue weighted by Crippen LogP contribution is 2.34. The number of hydrogen-bond acceptors (Lipinski definition) is 2. The molecule has 14 heavy (non-hydrogen) atoms. The Balaban J connectivity index is 2.12. The zero-order chi connectivity index (χ0) is 9.97. The van der Waals surface area contributed by atoms with Crippen molar-refractivity contribution >= 4 is 0 Å². The maximum Gasteiger partial charge on any atom is 0.0832 e. The van der Waals surface area contributed by atoms with E-state index in [9.17, 15) is 5.11 Å². The number of nitrogens with two attached hydrogens (primary N) is 1. The third-order valence-electron chi connectivity index (χ3n) is 3.17. The zero-order valence-corrected chi connectivity index (χ0v) is 8.26. The van der Waals surface area contributed by atoms with Crippen LogP contribution in [0.5, 0.6) is 0 Å². The van der Waals surface area contributed by atoms with Crippen molar-refractivity contribution in [1.82, 2.24) is 0 Å². The molecule has 1 aromatic carbocycles. The molecule has 1 aliphatic rings. The fraction of sp³-hybridized carbons (Fsp3) is 0.500. The van der Waals surface area contributed by atoms with E-state index < -0.39 is 0 Å². The SMILES string of the molecule is N[C@@H]1CCC[C@@H]1[C@H](O)c1ccccc1. The third-order valence-corrected chi connectivity index (χ3v) is 3.17. The highest BCUT2D eigenvalue weighted by molar-refractivity contribution is 5.18. The van der Waals surface area contributed by atoms with Crippen LogP contribution >= 0.6 is 0 Å². The molecule has 0 heterocycles. The van der Waals surface area contributed by atoms with Gasteiger partial charge in [-0.05, 0) is 18.4 Å². The van der Waals surface area contributed by atoms with Gasteiger partial charge in [-0.2, -0.15) is 0 Å². The smallest absolute Gasteiger partial charge is 0.0832 e. The largest absolute Gasteiger partial charge is 0.388 e. The van der Waals surface area contributed by atoms with Crippen LogP contribution in [0, 0.1) is 5.92 Å². The first-order chi connectivity index (χ1) is 6.79. The molecule has 0 aromatic heterocycles. The van der Waals surface area contributed by atoms with Gasteiger partial charge in [-0.1, -0.05) is 36.8 Å². The van der Waals surface area contributed by atoms with Gasteiger partial charge >= 0.3 is 0 Å². The molecule has 1 fully saturated rings. The molecule has 2 rings (SSSR count). The lowest BCUT2D eigenvalue weighted by Gasteiger charge is -2.22. The summed E-state index contributed by atoms with van der Waals surface area (Å²) in [5, 5.41) is 10.1. The molecular weight excluding hydrogens is 174 g/mol. The van der Waals surface area contributed by atoms with Gasteiger partial charge in [-0.25, -0.2) is 0 Å². The summed E-state index contributed by atoms with van der Waals surface area (Å²) >= 11 is 0. The Bertz CT molecular complexity index is 286. The van der Waals surface area contributed by atoms with E-state index in [0.29, 0.717) is 0 Å². The average Bonchev–Trinajstić information content (AvgIpc) is 2.65. The minimum absolute atomic E-state index is 0.171. The van der Waals surface area contributed by atoms with Crippen molar-refractivity contribution in [3.63, 3.8) is 0 Å². The van der Waals surface area contributed by atoms with Crippen LogP contribution in [0.1, 0.15) is 30.9 Å². The summed E-state index contributed by atoms with van der Waals surface area (Å²) in [6.45, 7) is 0. The van der Waals surface area contributed by atoms with Gasteiger partial charge in [0.15, 0.2) is 0 Å².